The Morgan fingerprint density at radius 1 is 1.53 bits per heavy atom. The van der Waals surface area contributed by atoms with Gasteiger partial charge in [-0.3, -0.25) is 4.79 Å². The molecular weight excluding hydrogens is 216 g/mol. The first-order valence-electron chi connectivity index (χ1n) is 5.91. The van der Waals surface area contributed by atoms with Gasteiger partial charge in [0.1, 0.15) is 5.82 Å². The minimum absolute atomic E-state index is 0.104. The highest BCUT2D eigenvalue weighted by Crippen LogP contribution is 2.18. The van der Waals surface area contributed by atoms with E-state index in [1.54, 1.807) is 0 Å². The number of pyridine rings is 1. The Kier molecular flexibility index (Phi) is 3.46. The Morgan fingerprint density at radius 3 is 2.94 bits per heavy atom. The zero-order valence-electron chi connectivity index (χ0n) is 9.99. The van der Waals surface area contributed by atoms with Gasteiger partial charge in [0.05, 0.1) is 11.4 Å². The minimum atomic E-state index is 0.104. The maximum atomic E-state index is 11.4. The molecule has 0 spiro atoms. The lowest BCUT2D eigenvalue weighted by atomic mass is 10.3. The average molecular weight is 234 g/mol. The zero-order valence-corrected chi connectivity index (χ0v) is 9.99. The van der Waals surface area contributed by atoms with E-state index in [2.05, 4.69) is 15.6 Å². The second-order valence-corrected chi connectivity index (χ2v) is 4.39. The molecule has 1 amide bonds. The van der Waals surface area contributed by atoms with Gasteiger partial charge in [0.25, 0.3) is 0 Å². The van der Waals surface area contributed by atoms with Crippen LogP contribution in [0.25, 0.3) is 0 Å². The lowest BCUT2D eigenvalue weighted by molar-refractivity contribution is -0.120. The molecule has 0 bridgehead atoms. The van der Waals surface area contributed by atoms with Crippen molar-refractivity contribution in [3.63, 3.8) is 0 Å². The second-order valence-electron chi connectivity index (χ2n) is 4.39. The number of anilines is 2. The van der Waals surface area contributed by atoms with E-state index < -0.39 is 0 Å². The van der Waals surface area contributed by atoms with Crippen LogP contribution in [0.5, 0.6) is 0 Å². The number of aromatic nitrogens is 1. The number of aryl methyl sites for hydroxylation is 1. The molecule has 4 N–H and O–H groups in total. The lowest BCUT2D eigenvalue weighted by Gasteiger charge is -2.07. The summed E-state index contributed by atoms with van der Waals surface area (Å²) in [7, 11) is 0. The molecule has 92 valence electrons. The molecule has 1 aliphatic carbocycles. The SMILES string of the molecule is Cc1nc(NCCC(=O)NC2CC2)ccc1N. The molecule has 1 aromatic heterocycles. The van der Waals surface area contributed by atoms with Crippen molar-refractivity contribution in [2.24, 2.45) is 0 Å². The topological polar surface area (TPSA) is 80.0 Å². The summed E-state index contributed by atoms with van der Waals surface area (Å²) in [6, 6.07) is 4.06. The number of hydrogen-bond donors (Lipinski definition) is 3. The molecule has 0 saturated heterocycles. The van der Waals surface area contributed by atoms with Crippen LogP contribution in [0, 0.1) is 6.92 Å². The highest BCUT2D eigenvalue weighted by molar-refractivity contribution is 5.77. The quantitative estimate of drug-likeness (QED) is 0.711. The molecule has 0 unspecified atom stereocenters. The van der Waals surface area contributed by atoms with Crippen molar-refractivity contribution in [3.05, 3.63) is 17.8 Å². The molecule has 0 aromatic carbocycles. The Hall–Kier alpha value is -1.78. The molecule has 5 heteroatoms. The predicted molar refractivity (Wildman–Crippen MR) is 67.7 cm³/mol. The van der Waals surface area contributed by atoms with Crippen LogP contribution in [0.1, 0.15) is 25.0 Å². The number of hydrogen-bond acceptors (Lipinski definition) is 4. The van der Waals surface area contributed by atoms with Gasteiger partial charge in [-0.25, -0.2) is 4.98 Å². The predicted octanol–water partition coefficient (Wildman–Crippen LogP) is 1.05. The van der Waals surface area contributed by atoms with E-state index in [9.17, 15) is 4.79 Å². The van der Waals surface area contributed by atoms with E-state index in [0.29, 0.717) is 24.7 Å². The Morgan fingerprint density at radius 2 is 2.29 bits per heavy atom. The van der Waals surface area contributed by atoms with Crippen molar-refractivity contribution in [2.75, 3.05) is 17.6 Å². The highest BCUT2D eigenvalue weighted by atomic mass is 16.1. The van der Waals surface area contributed by atoms with Crippen LogP contribution in [0.15, 0.2) is 12.1 Å². The molecule has 1 aromatic rings. The summed E-state index contributed by atoms with van der Waals surface area (Å²) in [6.07, 6.45) is 2.72. The minimum Gasteiger partial charge on any atom is -0.397 e. The molecule has 1 aliphatic rings. The molecule has 1 fully saturated rings. The van der Waals surface area contributed by atoms with Gasteiger partial charge in [-0.1, -0.05) is 0 Å². The molecule has 5 nitrogen and oxygen atoms in total. The van der Waals surface area contributed by atoms with E-state index >= 15 is 0 Å². The number of carbonyl (C=O) groups is 1. The van der Waals surface area contributed by atoms with Gasteiger partial charge in [-0.2, -0.15) is 0 Å². The maximum Gasteiger partial charge on any atom is 0.221 e. The van der Waals surface area contributed by atoms with Crippen molar-refractivity contribution < 1.29 is 4.79 Å². The first kappa shape index (κ1) is 11.7. The van der Waals surface area contributed by atoms with Gasteiger partial charge in [-0.05, 0) is 31.9 Å². The van der Waals surface area contributed by atoms with Crippen molar-refractivity contribution in [1.82, 2.24) is 10.3 Å². The largest absolute Gasteiger partial charge is 0.397 e. The average Bonchev–Trinajstić information content (AvgIpc) is 3.07. The lowest BCUT2D eigenvalue weighted by Crippen LogP contribution is -2.27. The Labute approximate surface area is 101 Å². The molecule has 0 atom stereocenters. The van der Waals surface area contributed by atoms with Gasteiger partial charge in [0.2, 0.25) is 5.91 Å². The molecule has 1 saturated carbocycles. The second kappa shape index (κ2) is 5.03. The fourth-order valence-electron chi connectivity index (χ4n) is 1.50. The fraction of sp³-hybridized carbons (Fsp3) is 0.500. The summed E-state index contributed by atoms with van der Waals surface area (Å²) in [4.78, 5) is 15.7. The number of carbonyl (C=O) groups excluding carboxylic acids is 1. The third-order valence-electron chi connectivity index (χ3n) is 2.73. The maximum absolute atomic E-state index is 11.4. The fourth-order valence-corrected chi connectivity index (χ4v) is 1.50. The van der Waals surface area contributed by atoms with Gasteiger partial charge < -0.3 is 16.4 Å². The molecular formula is C12H18N4O. The van der Waals surface area contributed by atoms with Crippen LogP contribution < -0.4 is 16.4 Å². The monoisotopic (exact) mass is 234 g/mol. The Bertz CT molecular complexity index is 415. The van der Waals surface area contributed by atoms with Crippen LogP contribution in [0.4, 0.5) is 11.5 Å². The normalized spacial score (nSPS) is 14.4. The van der Waals surface area contributed by atoms with Crippen LogP contribution in [-0.2, 0) is 4.79 Å². The third-order valence-corrected chi connectivity index (χ3v) is 2.73. The standard InChI is InChI=1S/C12H18N4O/c1-8-10(13)4-5-11(15-8)14-7-6-12(17)16-9-2-3-9/h4-5,9H,2-3,6-7,13H2,1H3,(H,14,15)(H,16,17). The van der Waals surface area contributed by atoms with Crippen LogP contribution in [0.2, 0.25) is 0 Å². The van der Waals surface area contributed by atoms with Gasteiger partial charge in [0.15, 0.2) is 0 Å². The molecule has 1 heterocycles. The van der Waals surface area contributed by atoms with E-state index in [1.807, 2.05) is 19.1 Å². The highest BCUT2D eigenvalue weighted by Gasteiger charge is 2.22. The summed E-state index contributed by atoms with van der Waals surface area (Å²) in [6.45, 7) is 2.45. The van der Waals surface area contributed by atoms with E-state index in [1.165, 1.54) is 0 Å². The number of nitrogens with two attached hydrogens (primary N) is 1. The summed E-state index contributed by atoms with van der Waals surface area (Å²) >= 11 is 0. The molecule has 2 rings (SSSR count). The van der Waals surface area contributed by atoms with Crippen LogP contribution in [-0.4, -0.2) is 23.5 Å². The van der Waals surface area contributed by atoms with Crippen LogP contribution >= 0.6 is 0 Å². The first-order chi connectivity index (χ1) is 8.15. The number of nitrogen functional groups attached to an aromatic ring is 1. The molecule has 0 radical (unpaired) electrons. The van der Waals surface area contributed by atoms with Gasteiger partial charge in [0, 0.05) is 19.0 Å². The zero-order chi connectivity index (χ0) is 12.3. The van der Waals surface area contributed by atoms with Crippen molar-refractivity contribution in [3.8, 4) is 0 Å². The van der Waals surface area contributed by atoms with Crippen molar-refractivity contribution in [1.29, 1.82) is 0 Å². The summed E-state index contributed by atoms with van der Waals surface area (Å²) in [5, 5.41) is 6.05. The third kappa shape index (κ3) is 3.62. The number of nitrogens with one attached hydrogen (secondary N) is 2. The van der Waals surface area contributed by atoms with E-state index in [0.717, 1.165) is 24.4 Å². The number of amides is 1. The summed E-state index contributed by atoms with van der Waals surface area (Å²) in [5.41, 5.74) is 7.16. The van der Waals surface area contributed by atoms with E-state index in [4.69, 9.17) is 5.73 Å². The summed E-state index contributed by atoms with van der Waals surface area (Å²) < 4.78 is 0. The molecule has 0 aliphatic heterocycles. The van der Waals surface area contributed by atoms with Gasteiger partial charge in [-0.15, -0.1) is 0 Å². The number of rotatable bonds is 5. The summed E-state index contributed by atoms with van der Waals surface area (Å²) in [5.74, 6) is 0.864. The Balaban J connectivity index is 1.73. The number of nitrogens with zero attached hydrogens (tertiary/aromatic N) is 1. The van der Waals surface area contributed by atoms with Crippen molar-refractivity contribution >= 4 is 17.4 Å². The molecule has 17 heavy (non-hydrogen) atoms. The first-order valence-corrected chi connectivity index (χ1v) is 5.91. The van der Waals surface area contributed by atoms with E-state index in [-0.39, 0.29) is 5.91 Å². The van der Waals surface area contributed by atoms with Crippen LogP contribution in [0.3, 0.4) is 0 Å². The van der Waals surface area contributed by atoms with Gasteiger partial charge >= 0.3 is 0 Å². The smallest absolute Gasteiger partial charge is 0.221 e. The van der Waals surface area contributed by atoms with Crippen molar-refractivity contribution in [2.45, 2.75) is 32.2 Å².